The van der Waals surface area contributed by atoms with Crippen LogP contribution in [0.2, 0.25) is 0 Å². The maximum absolute atomic E-state index is 12.4. The van der Waals surface area contributed by atoms with Crippen molar-refractivity contribution in [3.05, 3.63) is 76.3 Å². The number of thiazole rings is 1. The van der Waals surface area contributed by atoms with Crippen LogP contribution in [0.1, 0.15) is 37.1 Å². The highest BCUT2D eigenvalue weighted by molar-refractivity contribution is 7.15. The fraction of sp³-hybridized carbons (Fsp3) is 0.190. The van der Waals surface area contributed by atoms with Crippen LogP contribution in [0.4, 0.5) is 0 Å². The van der Waals surface area contributed by atoms with Gasteiger partial charge in [0.15, 0.2) is 0 Å². The molecule has 3 aromatic rings. The second-order valence-electron chi connectivity index (χ2n) is 6.81. The molecule has 0 spiro atoms. The molecule has 1 fully saturated rings. The second-order valence-corrected chi connectivity index (χ2v) is 7.93. The minimum absolute atomic E-state index is 0.319. The van der Waals surface area contributed by atoms with E-state index in [9.17, 15) is 9.59 Å². The van der Waals surface area contributed by atoms with Crippen molar-refractivity contribution in [3.8, 4) is 10.6 Å². The summed E-state index contributed by atoms with van der Waals surface area (Å²) in [5, 5.41) is 2.00. The number of amides is 2. The van der Waals surface area contributed by atoms with Gasteiger partial charge in [0.2, 0.25) is 0 Å². The van der Waals surface area contributed by atoms with Gasteiger partial charge in [-0.2, -0.15) is 0 Å². The molecule has 1 saturated heterocycles. The molecule has 3 heterocycles. The molecule has 2 aliphatic rings. The number of hydrogen-bond donors (Lipinski definition) is 1. The van der Waals surface area contributed by atoms with Crippen molar-refractivity contribution >= 4 is 23.2 Å². The fourth-order valence-electron chi connectivity index (χ4n) is 3.34. The van der Waals surface area contributed by atoms with Gasteiger partial charge in [-0.3, -0.25) is 9.59 Å². The van der Waals surface area contributed by atoms with Crippen LogP contribution in [0, 0.1) is 0 Å². The number of hydrogen-bond acceptors (Lipinski definition) is 6. The number of hydrazine groups is 1. The molecule has 28 heavy (non-hydrogen) atoms. The van der Waals surface area contributed by atoms with E-state index in [2.05, 4.69) is 34.7 Å². The summed E-state index contributed by atoms with van der Waals surface area (Å²) < 4.78 is 5.24. The Labute approximate surface area is 165 Å². The summed E-state index contributed by atoms with van der Waals surface area (Å²) in [6.45, 7) is 1.95. The van der Waals surface area contributed by atoms with Crippen molar-refractivity contribution in [2.24, 2.45) is 0 Å². The van der Waals surface area contributed by atoms with E-state index in [1.165, 1.54) is 5.56 Å². The van der Waals surface area contributed by atoms with Crippen LogP contribution in [-0.4, -0.2) is 35.0 Å². The van der Waals surface area contributed by atoms with E-state index in [1.54, 1.807) is 41.8 Å². The Bertz CT molecular complexity index is 1020. The van der Waals surface area contributed by atoms with Crippen molar-refractivity contribution in [2.45, 2.75) is 12.5 Å². The molecule has 2 amide bonds. The first-order valence-electron chi connectivity index (χ1n) is 9.05. The lowest BCUT2D eigenvalue weighted by atomic mass is 9.97. The van der Waals surface area contributed by atoms with Gasteiger partial charge in [0, 0.05) is 22.6 Å². The van der Waals surface area contributed by atoms with Gasteiger partial charge in [-0.25, -0.2) is 15.4 Å². The third kappa shape index (κ3) is 2.93. The highest BCUT2D eigenvalue weighted by atomic mass is 32.1. The normalized spacial score (nSPS) is 16.4. The molecule has 2 aromatic carbocycles. The van der Waals surface area contributed by atoms with Crippen molar-refractivity contribution in [2.75, 3.05) is 13.2 Å². The maximum Gasteiger partial charge on any atom is 0.276 e. The Morgan fingerprint density at radius 1 is 1.04 bits per heavy atom. The zero-order valence-corrected chi connectivity index (χ0v) is 15.7. The first-order valence-corrected chi connectivity index (χ1v) is 9.86. The maximum atomic E-state index is 12.4. The van der Waals surface area contributed by atoms with Gasteiger partial charge < -0.3 is 4.74 Å². The van der Waals surface area contributed by atoms with Crippen LogP contribution in [0.15, 0.2) is 54.7 Å². The molecular formula is C21H17N3O3S. The van der Waals surface area contributed by atoms with Gasteiger partial charge in [-0.15, -0.1) is 11.3 Å². The minimum atomic E-state index is -0.319. The number of aromatic nitrogens is 1. The molecule has 0 aliphatic carbocycles. The molecule has 2 aliphatic heterocycles. The predicted molar refractivity (Wildman–Crippen MR) is 105 cm³/mol. The third-order valence-electron chi connectivity index (χ3n) is 5.03. The summed E-state index contributed by atoms with van der Waals surface area (Å²) in [5.41, 5.74) is 6.15. The van der Waals surface area contributed by atoms with Gasteiger partial charge in [-0.05, 0) is 17.7 Å². The third-order valence-corrected chi connectivity index (χ3v) is 6.07. The lowest BCUT2D eigenvalue weighted by molar-refractivity contribution is 0.00842. The van der Waals surface area contributed by atoms with Gasteiger partial charge in [0.1, 0.15) is 5.01 Å². The molecule has 0 radical (unpaired) electrons. The van der Waals surface area contributed by atoms with Gasteiger partial charge >= 0.3 is 0 Å². The summed E-state index contributed by atoms with van der Waals surface area (Å²) in [6.07, 6.45) is 1.78. The van der Waals surface area contributed by atoms with Crippen LogP contribution >= 0.6 is 11.3 Å². The molecule has 1 aromatic heterocycles. The van der Waals surface area contributed by atoms with Gasteiger partial charge in [0.05, 0.1) is 30.9 Å². The van der Waals surface area contributed by atoms with Crippen molar-refractivity contribution in [1.82, 2.24) is 15.4 Å². The summed E-state index contributed by atoms with van der Waals surface area (Å²) in [5.74, 6) is -0.133. The number of rotatable bonds is 5. The topological polar surface area (TPSA) is 71.5 Å². The molecule has 0 bridgehead atoms. The largest absolute Gasteiger partial charge is 0.380 e. The van der Waals surface area contributed by atoms with Crippen molar-refractivity contribution in [1.29, 1.82) is 0 Å². The Morgan fingerprint density at radius 3 is 2.32 bits per heavy atom. The average Bonchev–Trinajstić information content (AvgIpc) is 3.24. The number of imide groups is 1. The molecule has 0 atom stereocenters. The Kier molecular flexibility index (Phi) is 4.27. The lowest BCUT2D eigenvalue weighted by Gasteiger charge is -2.26. The van der Waals surface area contributed by atoms with Crippen molar-refractivity contribution < 1.29 is 14.3 Å². The smallest absolute Gasteiger partial charge is 0.276 e. The van der Waals surface area contributed by atoms with Crippen LogP contribution in [-0.2, 0) is 11.3 Å². The number of carbonyl (C=O) groups excluding carboxylic acids is 2. The van der Waals surface area contributed by atoms with Crippen LogP contribution in [0.3, 0.4) is 0 Å². The molecular weight excluding hydrogens is 374 g/mol. The van der Waals surface area contributed by atoms with Crippen LogP contribution in [0.25, 0.3) is 10.6 Å². The van der Waals surface area contributed by atoms with E-state index in [4.69, 9.17) is 4.74 Å². The number of ether oxygens (including phenoxy) is 1. The molecule has 0 saturated carbocycles. The number of nitrogens with one attached hydrogen (secondary N) is 1. The Morgan fingerprint density at radius 2 is 1.71 bits per heavy atom. The minimum Gasteiger partial charge on any atom is -0.380 e. The number of fused-ring (bicyclic) bond motifs is 1. The lowest BCUT2D eigenvalue weighted by Crippen LogP contribution is -2.41. The van der Waals surface area contributed by atoms with E-state index < -0.39 is 0 Å². The van der Waals surface area contributed by atoms with Gasteiger partial charge in [0.25, 0.3) is 11.8 Å². The van der Waals surface area contributed by atoms with Crippen molar-refractivity contribution in [3.63, 3.8) is 0 Å². The van der Waals surface area contributed by atoms with E-state index in [1.807, 2.05) is 0 Å². The number of benzene rings is 2. The Hall–Kier alpha value is -2.87. The number of nitrogens with zero attached hydrogens (tertiary/aromatic N) is 2. The fourth-order valence-corrected chi connectivity index (χ4v) is 4.19. The van der Waals surface area contributed by atoms with Gasteiger partial charge in [-0.1, -0.05) is 36.4 Å². The first-order chi connectivity index (χ1) is 13.7. The zero-order chi connectivity index (χ0) is 19.1. The predicted octanol–water partition coefficient (Wildman–Crippen LogP) is 3.22. The molecule has 7 heteroatoms. The average molecular weight is 391 g/mol. The monoisotopic (exact) mass is 391 g/mol. The standard InChI is InChI=1S/C21H17N3O3S/c25-20-17-3-1-2-4-18(17)21(26)24(20)23-10-16-9-22-19(28-16)14-7-5-13(6-8-14)15-11-27-12-15/h1-9,15,23H,10-12H2. The second kappa shape index (κ2) is 6.94. The summed E-state index contributed by atoms with van der Waals surface area (Å²) in [6, 6.07) is 15.3. The zero-order valence-electron chi connectivity index (χ0n) is 14.9. The van der Waals surface area contributed by atoms with Crippen LogP contribution < -0.4 is 5.43 Å². The SMILES string of the molecule is O=C1c2ccccc2C(=O)N1NCc1cnc(-c2ccc(C3COC3)cc2)s1. The molecule has 5 rings (SSSR count). The first kappa shape index (κ1) is 17.2. The van der Waals surface area contributed by atoms with Crippen LogP contribution in [0.5, 0.6) is 0 Å². The highest BCUT2D eigenvalue weighted by Gasteiger charge is 2.35. The van der Waals surface area contributed by atoms with E-state index >= 15 is 0 Å². The quantitative estimate of drug-likeness (QED) is 0.676. The summed E-state index contributed by atoms with van der Waals surface area (Å²) in [7, 11) is 0. The number of carbonyl (C=O) groups is 2. The van der Waals surface area contributed by atoms with E-state index in [0.717, 1.165) is 33.7 Å². The molecule has 140 valence electrons. The summed E-state index contributed by atoms with van der Waals surface area (Å²) in [4.78, 5) is 30.2. The summed E-state index contributed by atoms with van der Waals surface area (Å²) >= 11 is 1.54. The highest BCUT2D eigenvalue weighted by Crippen LogP contribution is 2.29. The molecule has 0 unspecified atom stereocenters. The van der Waals surface area contributed by atoms with E-state index in [-0.39, 0.29) is 11.8 Å². The van der Waals surface area contributed by atoms with E-state index in [0.29, 0.717) is 23.6 Å². The Balaban J connectivity index is 1.26. The molecule has 1 N–H and O–H groups in total. The molecule has 6 nitrogen and oxygen atoms in total.